The fraction of sp³-hybridized carbons (Fsp3) is 0.167. The molecule has 1 unspecified atom stereocenters. The third-order valence-corrected chi connectivity index (χ3v) is 3.96. The molecule has 3 aromatic rings. The molecule has 0 fully saturated rings. The Morgan fingerprint density at radius 2 is 2.05 bits per heavy atom. The van der Waals surface area contributed by atoms with Crippen LogP contribution in [0.25, 0.3) is 10.8 Å². The molecule has 1 aromatic heterocycles. The first-order valence-corrected chi connectivity index (χ1v) is 7.18. The molecule has 0 radical (unpaired) electrons. The van der Waals surface area contributed by atoms with Crippen LogP contribution in [0.2, 0.25) is 0 Å². The van der Waals surface area contributed by atoms with Crippen LogP contribution in [0.3, 0.4) is 0 Å². The number of nitrogens with one attached hydrogen (secondary N) is 1. The molecular formula is C18H16N2O. The summed E-state index contributed by atoms with van der Waals surface area (Å²) < 4.78 is 5.70. The molecule has 0 aliphatic carbocycles. The van der Waals surface area contributed by atoms with E-state index >= 15 is 0 Å². The molecule has 4 rings (SSSR count). The van der Waals surface area contributed by atoms with Gasteiger partial charge in [-0.15, -0.1) is 0 Å². The van der Waals surface area contributed by atoms with Crippen molar-refractivity contribution in [1.29, 1.82) is 0 Å². The molecule has 1 aliphatic rings. The summed E-state index contributed by atoms with van der Waals surface area (Å²) in [5, 5.41) is 5.98. The van der Waals surface area contributed by atoms with E-state index in [1.54, 1.807) is 0 Å². The highest BCUT2D eigenvalue weighted by molar-refractivity contribution is 5.81. The van der Waals surface area contributed by atoms with Crippen molar-refractivity contribution < 1.29 is 4.74 Å². The molecule has 1 atom stereocenters. The van der Waals surface area contributed by atoms with Crippen molar-refractivity contribution in [2.45, 2.75) is 12.6 Å². The topological polar surface area (TPSA) is 34.1 Å². The average molecular weight is 276 g/mol. The number of para-hydroxylation sites is 1. The molecule has 3 heteroatoms. The number of benzene rings is 2. The molecule has 2 heterocycles. The molecule has 104 valence electrons. The second-order valence-electron chi connectivity index (χ2n) is 5.34. The number of aromatic nitrogens is 1. The zero-order chi connectivity index (χ0) is 14.1. The van der Waals surface area contributed by atoms with Crippen molar-refractivity contribution in [3.05, 3.63) is 72.1 Å². The van der Waals surface area contributed by atoms with E-state index in [1.807, 2.05) is 30.6 Å². The first-order valence-electron chi connectivity index (χ1n) is 7.18. The summed E-state index contributed by atoms with van der Waals surface area (Å²) in [6.45, 7) is 1.54. The van der Waals surface area contributed by atoms with Crippen molar-refractivity contribution >= 4 is 10.8 Å². The minimum Gasteiger partial charge on any atom is -0.491 e. The Labute approximate surface area is 123 Å². The minimum absolute atomic E-state index is 0.273. The van der Waals surface area contributed by atoms with Gasteiger partial charge < -0.3 is 10.1 Å². The summed E-state index contributed by atoms with van der Waals surface area (Å²) >= 11 is 0. The summed E-state index contributed by atoms with van der Waals surface area (Å²) in [7, 11) is 0. The Morgan fingerprint density at radius 1 is 1.10 bits per heavy atom. The van der Waals surface area contributed by atoms with E-state index in [4.69, 9.17) is 4.74 Å². The van der Waals surface area contributed by atoms with Gasteiger partial charge in [0, 0.05) is 29.9 Å². The van der Waals surface area contributed by atoms with Crippen molar-refractivity contribution in [1.82, 2.24) is 10.3 Å². The number of hydrogen-bond acceptors (Lipinski definition) is 3. The predicted molar refractivity (Wildman–Crippen MR) is 83.3 cm³/mol. The van der Waals surface area contributed by atoms with Crippen molar-refractivity contribution in [3.63, 3.8) is 0 Å². The zero-order valence-corrected chi connectivity index (χ0v) is 11.6. The lowest BCUT2D eigenvalue weighted by Gasteiger charge is -2.12. The maximum Gasteiger partial charge on any atom is 0.124 e. The molecular weight excluding hydrogens is 260 g/mol. The summed E-state index contributed by atoms with van der Waals surface area (Å²) in [6.07, 6.45) is 3.73. The number of fused-ring (bicyclic) bond motifs is 2. The maximum absolute atomic E-state index is 5.70. The summed E-state index contributed by atoms with van der Waals surface area (Å²) in [4.78, 5) is 4.14. The molecule has 0 bridgehead atoms. The van der Waals surface area contributed by atoms with Gasteiger partial charge in [0.05, 0.1) is 6.04 Å². The van der Waals surface area contributed by atoms with Crippen LogP contribution in [0, 0.1) is 0 Å². The first-order chi connectivity index (χ1) is 10.4. The van der Waals surface area contributed by atoms with Crippen LogP contribution in [-0.2, 0) is 6.54 Å². The van der Waals surface area contributed by atoms with E-state index in [-0.39, 0.29) is 6.04 Å². The SMILES string of the molecule is c1ccc2c(c1)OCC2NCc1ccc2cnccc2c1. The number of pyridine rings is 1. The van der Waals surface area contributed by atoms with Crippen LogP contribution in [0.5, 0.6) is 5.75 Å². The Hall–Kier alpha value is -2.39. The second kappa shape index (κ2) is 5.19. The molecule has 0 amide bonds. The Balaban J connectivity index is 1.51. The fourth-order valence-electron chi connectivity index (χ4n) is 2.82. The van der Waals surface area contributed by atoms with Gasteiger partial charge in [0.1, 0.15) is 12.4 Å². The van der Waals surface area contributed by atoms with Crippen molar-refractivity contribution in [3.8, 4) is 5.75 Å². The standard InChI is InChI=1S/C18H16N2O/c1-2-4-18-16(3-1)17(12-21-18)20-10-13-5-6-15-11-19-8-7-14(15)9-13/h1-9,11,17,20H,10,12H2. The number of rotatable bonds is 3. The summed E-state index contributed by atoms with van der Waals surface area (Å²) in [5.41, 5.74) is 2.53. The van der Waals surface area contributed by atoms with Gasteiger partial charge in [0.15, 0.2) is 0 Å². The lowest BCUT2D eigenvalue weighted by molar-refractivity contribution is 0.310. The van der Waals surface area contributed by atoms with Gasteiger partial charge in [0.25, 0.3) is 0 Å². The monoisotopic (exact) mass is 276 g/mol. The average Bonchev–Trinajstić information content (AvgIpc) is 2.96. The van der Waals surface area contributed by atoms with E-state index in [0.717, 1.165) is 12.3 Å². The first kappa shape index (κ1) is 12.4. The van der Waals surface area contributed by atoms with Gasteiger partial charge in [0.2, 0.25) is 0 Å². The van der Waals surface area contributed by atoms with Gasteiger partial charge in [-0.1, -0.05) is 30.3 Å². The normalized spacial score (nSPS) is 16.7. The second-order valence-corrected chi connectivity index (χ2v) is 5.34. The molecule has 0 saturated carbocycles. The highest BCUT2D eigenvalue weighted by atomic mass is 16.5. The number of nitrogens with zero attached hydrogens (tertiary/aromatic N) is 1. The highest BCUT2D eigenvalue weighted by Crippen LogP contribution is 2.31. The van der Waals surface area contributed by atoms with Gasteiger partial charge in [-0.3, -0.25) is 4.98 Å². The molecule has 2 aromatic carbocycles. The molecule has 1 aliphatic heterocycles. The number of hydrogen-bond donors (Lipinski definition) is 1. The molecule has 3 nitrogen and oxygen atoms in total. The van der Waals surface area contributed by atoms with Gasteiger partial charge >= 0.3 is 0 Å². The van der Waals surface area contributed by atoms with Gasteiger partial charge in [-0.2, -0.15) is 0 Å². The minimum atomic E-state index is 0.273. The maximum atomic E-state index is 5.70. The van der Waals surface area contributed by atoms with Gasteiger partial charge in [-0.05, 0) is 29.1 Å². The van der Waals surface area contributed by atoms with E-state index < -0.39 is 0 Å². The third-order valence-electron chi connectivity index (χ3n) is 3.96. The largest absolute Gasteiger partial charge is 0.491 e. The van der Waals surface area contributed by atoms with E-state index in [1.165, 1.54) is 21.9 Å². The van der Waals surface area contributed by atoms with E-state index in [0.29, 0.717) is 6.61 Å². The number of ether oxygens (including phenoxy) is 1. The predicted octanol–water partition coefficient (Wildman–Crippen LogP) is 3.46. The lowest BCUT2D eigenvalue weighted by atomic mass is 10.1. The fourth-order valence-corrected chi connectivity index (χ4v) is 2.82. The quantitative estimate of drug-likeness (QED) is 0.795. The van der Waals surface area contributed by atoms with Crippen molar-refractivity contribution in [2.75, 3.05) is 6.61 Å². The zero-order valence-electron chi connectivity index (χ0n) is 11.6. The van der Waals surface area contributed by atoms with Crippen LogP contribution in [0.1, 0.15) is 17.2 Å². The van der Waals surface area contributed by atoms with Crippen LogP contribution in [0.4, 0.5) is 0 Å². The molecule has 0 saturated heterocycles. The van der Waals surface area contributed by atoms with Crippen LogP contribution in [0.15, 0.2) is 60.9 Å². The summed E-state index contributed by atoms with van der Waals surface area (Å²) in [6, 6.07) is 17.0. The van der Waals surface area contributed by atoms with Gasteiger partial charge in [-0.25, -0.2) is 0 Å². The lowest BCUT2D eigenvalue weighted by Crippen LogP contribution is -2.21. The van der Waals surface area contributed by atoms with E-state index in [2.05, 4.69) is 40.6 Å². The third kappa shape index (κ3) is 2.36. The molecule has 1 N–H and O–H groups in total. The van der Waals surface area contributed by atoms with E-state index in [9.17, 15) is 0 Å². The summed E-state index contributed by atoms with van der Waals surface area (Å²) in [5.74, 6) is 1.000. The van der Waals surface area contributed by atoms with Crippen LogP contribution >= 0.6 is 0 Å². The molecule has 0 spiro atoms. The molecule has 21 heavy (non-hydrogen) atoms. The van der Waals surface area contributed by atoms with Crippen LogP contribution in [-0.4, -0.2) is 11.6 Å². The van der Waals surface area contributed by atoms with Crippen molar-refractivity contribution in [2.24, 2.45) is 0 Å². The smallest absolute Gasteiger partial charge is 0.124 e. The van der Waals surface area contributed by atoms with Crippen LogP contribution < -0.4 is 10.1 Å². The Kier molecular flexibility index (Phi) is 3.05. The Bertz CT molecular complexity index is 785. The Morgan fingerprint density at radius 3 is 3.05 bits per heavy atom. The highest BCUT2D eigenvalue weighted by Gasteiger charge is 2.22.